The van der Waals surface area contributed by atoms with Gasteiger partial charge in [-0.2, -0.15) is 13.2 Å². The third-order valence-electron chi connectivity index (χ3n) is 1.84. The lowest BCUT2D eigenvalue weighted by Gasteiger charge is -2.09. The molecule has 0 aromatic heterocycles. The Morgan fingerprint density at radius 2 is 2.00 bits per heavy atom. The van der Waals surface area contributed by atoms with Gasteiger partial charge in [-0.15, -0.1) is 0 Å². The molecule has 1 aromatic carbocycles. The minimum Gasteiger partial charge on any atom is -0.377 e. The molecule has 0 amide bonds. The molecule has 0 heterocycles. The van der Waals surface area contributed by atoms with Crippen molar-refractivity contribution in [3.63, 3.8) is 0 Å². The van der Waals surface area contributed by atoms with Crippen LogP contribution in [0.15, 0.2) is 22.7 Å². The minimum atomic E-state index is -4.30. The van der Waals surface area contributed by atoms with Crippen LogP contribution in [-0.4, -0.2) is 6.61 Å². The Kier molecular flexibility index (Phi) is 4.16. The average Bonchev–Trinajstić information content (AvgIpc) is 2.14. The molecule has 5 heteroatoms. The second kappa shape index (κ2) is 4.99. The largest absolute Gasteiger partial charge is 0.416 e. The summed E-state index contributed by atoms with van der Waals surface area (Å²) in [5, 5.41) is 0. The number of ether oxygens (including phenoxy) is 1. The first-order valence-corrected chi connectivity index (χ1v) is 5.17. The van der Waals surface area contributed by atoms with Gasteiger partial charge in [0.2, 0.25) is 0 Å². The van der Waals surface area contributed by atoms with E-state index >= 15 is 0 Å². The maximum atomic E-state index is 12.3. The van der Waals surface area contributed by atoms with Crippen LogP contribution in [0, 0.1) is 0 Å². The molecule has 0 bridgehead atoms. The van der Waals surface area contributed by atoms with Crippen molar-refractivity contribution in [3.05, 3.63) is 33.8 Å². The highest BCUT2D eigenvalue weighted by Gasteiger charge is 2.30. The average molecular weight is 283 g/mol. The van der Waals surface area contributed by atoms with Gasteiger partial charge in [0.25, 0.3) is 0 Å². The lowest BCUT2D eigenvalue weighted by atomic mass is 10.1. The van der Waals surface area contributed by atoms with Crippen molar-refractivity contribution in [3.8, 4) is 0 Å². The zero-order valence-electron chi connectivity index (χ0n) is 8.07. The van der Waals surface area contributed by atoms with Gasteiger partial charge >= 0.3 is 6.18 Å². The molecule has 0 saturated carbocycles. The fraction of sp³-hybridized carbons (Fsp3) is 0.400. The van der Waals surface area contributed by atoms with Crippen molar-refractivity contribution < 1.29 is 17.9 Å². The van der Waals surface area contributed by atoms with Crippen molar-refractivity contribution in [2.45, 2.75) is 19.7 Å². The molecule has 0 aliphatic carbocycles. The summed E-state index contributed by atoms with van der Waals surface area (Å²) in [5.41, 5.74) is 0.0551. The molecule has 1 rings (SSSR count). The van der Waals surface area contributed by atoms with Gasteiger partial charge in [-0.1, -0.05) is 22.0 Å². The SMILES string of the molecule is CCOCc1ccc(C(F)(F)F)cc1Br. The van der Waals surface area contributed by atoms with E-state index in [1.54, 1.807) is 0 Å². The molecule has 1 aromatic rings. The van der Waals surface area contributed by atoms with Crippen LogP contribution in [-0.2, 0) is 17.5 Å². The molecule has 0 fully saturated rings. The number of halogens is 4. The summed E-state index contributed by atoms with van der Waals surface area (Å²) in [6.07, 6.45) is -4.30. The fourth-order valence-corrected chi connectivity index (χ4v) is 1.55. The Morgan fingerprint density at radius 1 is 1.33 bits per heavy atom. The number of hydrogen-bond acceptors (Lipinski definition) is 1. The molecule has 0 spiro atoms. The molecule has 0 saturated heterocycles. The molecular weight excluding hydrogens is 273 g/mol. The van der Waals surface area contributed by atoms with Crippen LogP contribution in [0.25, 0.3) is 0 Å². The van der Waals surface area contributed by atoms with E-state index < -0.39 is 11.7 Å². The molecule has 0 aliphatic heterocycles. The highest BCUT2D eigenvalue weighted by Crippen LogP contribution is 2.32. The van der Waals surface area contributed by atoms with Crippen molar-refractivity contribution in [2.75, 3.05) is 6.61 Å². The van der Waals surface area contributed by atoms with Gasteiger partial charge in [0, 0.05) is 11.1 Å². The van der Waals surface area contributed by atoms with Gasteiger partial charge in [-0.3, -0.25) is 0 Å². The molecule has 0 N–H and O–H groups in total. The standard InChI is InChI=1S/C10H10BrF3O/c1-2-15-6-7-3-4-8(5-9(7)11)10(12,13)14/h3-5H,2,6H2,1H3. The van der Waals surface area contributed by atoms with E-state index in [1.807, 2.05) is 6.92 Å². The summed E-state index contributed by atoms with van der Waals surface area (Å²) >= 11 is 3.09. The predicted molar refractivity (Wildman–Crippen MR) is 54.5 cm³/mol. The molecule has 0 unspecified atom stereocenters. The monoisotopic (exact) mass is 282 g/mol. The first kappa shape index (κ1) is 12.5. The minimum absolute atomic E-state index is 0.315. The van der Waals surface area contributed by atoms with Gasteiger partial charge in [0.1, 0.15) is 0 Å². The summed E-state index contributed by atoms with van der Waals surface area (Å²) in [6, 6.07) is 3.54. The fourth-order valence-electron chi connectivity index (χ4n) is 1.05. The molecule has 0 atom stereocenters. The first-order chi connectivity index (χ1) is 6.95. The lowest BCUT2D eigenvalue weighted by molar-refractivity contribution is -0.137. The van der Waals surface area contributed by atoms with E-state index in [0.29, 0.717) is 23.2 Å². The third-order valence-corrected chi connectivity index (χ3v) is 2.58. The summed E-state index contributed by atoms with van der Waals surface area (Å²) in [6.45, 7) is 2.68. The van der Waals surface area contributed by atoms with E-state index in [2.05, 4.69) is 15.9 Å². The summed E-state index contributed by atoms with van der Waals surface area (Å²) in [7, 11) is 0. The summed E-state index contributed by atoms with van der Waals surface area (Å²) < 4.78 is 42.4. The van der Waals surface area contributed by atoms with E-state index in [-0.39, 0.29) is 0 Å². The summed E-state index contributed by atoms with van der Waals surface area (Å²) in [4.78, 5) is 0. The van der Waals surface area contributed by atoms with Crippen LogP contribution < -0.4 is 0 Å². The lowest BCUT2D eigenvalue weighted by Crippen LogP contribution is -2.05. The maximum absolute atomic E-state index is 12.3. The zero-order chi connectivity index (χ0) is 11.5. The van der Waals surface area contributed by atoms with Crippen LogP contribution >= 0.6 is 15.9 Å². The summed E-state index contributed by atoms with van der Waals surface area (Å²) in [5.74, 6) is 0. The molecule has 0 radical (unpaired) electrons. The number of alkyl halides is 3. The van der Waals surface area contributed by atoms with E-state index in [4.69, 9.17) is 4.74 Å². The van der Waals surface area contributed by atoms with Crippen LogP contribution in [0.3, 0.4) is 0 Å². The van der Waals surface area contributed by atoms with Crippen molar-refractivity contribution >= 4 is 15.9 Å². The van der Waals surface area contributed by atoms with E-state index in [1.165, 1.54) is 6.07 Å². The quantitative estimate of drug-likeness (QED) is 0.814. The number of hydrogen-bond donors (Lipinski definition) is 0. The van der Waals surface area contributed by atoms with Gasteiger partial charge in [-0.25, -0.2) is 0 Å². The number of benzene rings is 1. The van der Waals surface area contributed by atoms with Crippen molar-refractivity contribution in [1.29, 1.82) is 0 Å². The molecule has 84 valence electrons. The van der Waals surface area contributed by atoms with E-state index in [9.17, 15) is 13.2 Å². The first-order valence-electron chi connectivity index (χ1n) is 4.38. The maximum Gasteiger partial charge on any atom is 0.416 e. The topological polar surface area (TPSA) is 9.23 Å². The van der Waals surface area contributed by atoms with Crippen LogP contribution in [0.5, 0.6) is 0 Å². The molecular formula is C10H10BrF3O. The van der Waals surface area contributed by atoms with Crippen LogP contribution in [0.4, 0.5) is 13.2 Å². The Balaban J connectivity index is 2.88. The third kappa shape index (κ3) is 3.50. The van der Waals surface area contributed by atoms with Crippen LogP contribution in [0.2, 0.25) is 0 Å². The Morgan fingerprint density at radius 3 is 2.47 bits per heavy atom. The molecule has 1 nitrogen and oxygen atoms in total. The molecule has 0 aliphatic rings. The highest BCUT2D eigenvalue weighted by molar-refractivity contribution is 9.10. The van der Waals surface area contributed by atoms with Crippen molar-refractivity contribution in [1.82, 2.24) is 0 Å². The van der Waals surface area contributed by atoms with Gasteiger partial charge in [0.05, 0.1) is 12.2 Å². The smallest absolute Gasteiger partial charge is 0.377 e. The van der Waals surface area contributed by atoms with E-state index in [0.717, 1.165) is 12.1 Å². The second-order valence-corrected chi connectivity index (χ2v) is 3.80. The van der Waals surface area contributed by atoms with Crippen LogP contribution in [0.1, 0.15) is 18.1 Å². The predicted octanol–water partition coefficient (Wildman–Crippen LogP) is 4.00. The van der Waals surface area contributed by atoms with Gasteiger partial charge in [-0.05, 0) is 24.6 Å². The Bertz CT molecular complexity index is 336. The Hall–Kier alpha value is -0.550. The number of rotatable bonds is 3. The highest BCUT2D eigenvalue weighted by atomic mass is 79.9. The van der Waals surface area contributed by atoms with Gasteiger partial charge in [0.15, 0.2) is 0 Å². The normalized spacial score (nSPS) is 11.8. The van der Waals surface area contributed by atoms with Gasteiger partial charge < -0.3 is 4.74 Å². The molecule has 15 heavy (non-hydrogen) atoms. The Labute approximate surface area is 94.4 Å². The zero-order valence-corrected chi connectivity index (χ0v) is 9.65. The second-order valence-electron chi connectivity index (χ2n) is 2.94. The van der Waals surface area contributed by atoms with Crippen molar-refractivity contribution in [2.24, 2.45) is 0 Å².